The first-order chi connectivity index (χ1) is 17.3. The van der Waals surface area contributed by atoms with Crippen molar-refractivity contribution in [1.82, 2.24) is 44.7 Å². The molecule has 5 aromatic heterocycles. The molecule has 0 unspecified atom stereocenters. The van der Waals surface area contributed by atoms with Gasteiger partial charge in [-0.2, -0.15) is 0 Å². The quantitative estimate of drug-likeness (QED) is 0.106. The minimum Gasteiger partial charge on any atom is -0.374 e. The van der Waals surface area contributed by atoms with Crippen molar-refractivity contribution in [2.45, 2.75) is 10.3 Å². The fraction of sp³-hybridized carbons (Fsp3) is 0.167. The van der Waals surface area contributed by atoms with Gasteiger partial charge in [-0.15, -0.1) is 15.3 Å². The van der Waals surface area contributed by atoms with Gasteiger partial charge in [0.15, 0.2) is 23.9 Å². The Labute approximate surface area is 247 Å². The second-order valence-corrected chi connectivity index (χ2v) is 12.7. The lowest BCUT2D eigenvalue weighted by Gasteiger charge is -1.96. The summed E-state index contributed by atoms with van der Waals surface area (Å²) in [4.78, 5) is 32.8. The van der Waals surface area contributed by atoms with E-state index in [0.717, 1.165) is 29.2 Å². The smallest absolute Gasteiger partial charge is 0.213 e. The maximum Gasteiger partial charge on any atom is 0.213 e. The number of nitrogens with zero attached hydrogens (tertiary/aromatic N) is 9. The van der Waals surface area contributed by atoms with Gasteiger partial charge in [-0.1, -0.05) is 62.1 Å². The first kappa shape index (κ1) is 29.0. The predicted octanol–water partition coefficient (Wildman–Crippen LogP) is 5.39. The zero-order chi connectivity index (χ0) is 26.1. The van der Waals surface area contributed by atoms with E-state index in [0.29, 0.717) is 21.2 Å². The van der Waals surface area contributed by atoms with E-state index in [2.05, 4.69) is 88.0 Å². The van der Waals surface area contributed by atoms with Gasteiger partial charge < -0.3 is 5.73 Å². The van der Waals surface area contributed by atoms with Crippen LogP contribution in [0.4, 0.5) is 5.13 Å². The van der Waals surface area contributed by atoms with Crippen LogP contribution in [0.3, 0.4) is 0 Å². The van der Waals surface area contributed by atoms with Gasteiger partial charge in [0.25, 0.3) is 0 Å². The third kappa shape index (κ3) is 8.49. The lowest BCUT2D eigenvalue weighted by Crippen LogP contribution is -2.01. The molecule has 5 aromatic rings. The fourth-order valence-electron chi connectivity index (χ4n) is 2.23. The van der Waals surface area contributed by atoms with Gasteiger partial charge in [0.2, 0.25) is 10.1 Å². The molecule has 0 aliphatic carbocycles. The van der Waals surface area contributed by atoms with Crippen molar-refractivity contribution in [2.24, 2.45) is 0 Å². The molecule has 5 heterocycles. The number of carbonyl (C=O) groups is 1. The summed E-state index contributed by atoms with van der Waals surface area (Å²) in [6.07, 6.45) is 12.4. The largest absolute Gasteiger partial charge is 0.374 e. The van der Waals surface area contributed by atoms with E-state index >= 15 is 0 Å². The molecule has 0 saturated carbocycles. The van der Waals surface area contributed by atoms with Crippen molar-refractivity contribution in [3.05, 3.63) is 44.4 Å². The van der Waals surface area contributed by atoms with Gasteiger partial charge >= 0.3 is 0 Å². The van der Waals surface area contributed by atoms with Gasteiger partial charge in [0.05, 0.1) is 22.8 Å². The van der Waals surface area contributed by atoms with Crippen molar-refractivity contribution < 1.29 is 4.79 Å². The van der Waals surface area contributed by atoms with Crippen molar-refractivity contribution >= 4 is 110 Å². The summed E-state index contributed by atoms with van der Waals surface area (Å²) in [6, 6.07) is 0. The molecule has 36 heavy (non-hydrogen) atoms. The molecule has 188 valence electrons. The number of imidazole rings is 1. The van der Waals surface area contributed by atoms with Gasteiger partial charge in [-0.05, 0) is 44.4 Å². The number of alkyl halides is 1. The van der Waals surface area contributed by atoms with E-state index in [1.165, 1.54) is 46.2 Å². The number of anilines is 1. The van der Waals surface area contributed by atoms with Crippen LogP contribution < -0.4 is 5.73 Å². The number of fused-ring (bicyclic) bond motifs is 1. The molecular formula is C18H15Br3N10OS4. The van der Waals surface area contributed by atoms with Crippen molar-refractivity contribution in [2.75, 3.05) is 23.6 Å². The second-order valence-electron chi connectivity index (χ2n) is 6.08. The summed E-state index contributed by atoms with van der Waals surface area (Å²) in [5.74, 6) is 0.00246. The lowest BCUT2D eigenvalue weighted by molar-refractivity contribution is 0.102. The summed E-state index contributed by atoms with van der Waals surface area (Å²) < 4.78 is 3.29. The van der Waals surface area contributed by atoms with Crippen LogP contribution in [0.15, 0.2) is 49.1 Å². The van der Waals surface area contributed by atoms with Gasteiger partial charge in [0, 0.05) is 30.4 Å². The normalized spacial score (nSPS) is 10.4. The number of hydrogen-bond donors (Lipinski definition) is 1. The van der Waals surface area contributed by atoms with Crippen LogP contribution in [0.1, 0.15) is 10.4 Å². The summed E-state index contributed by atoms with van der Waals surface area (Å²) >= 11 is 15.3. The number of ketones is 1. The van der Waals surface area contributed by atoms with Crippen LogP contribution in [0.2, 0.25) is 0 Å². The van der Waals surface area contributed by atoms with Gasteiger partial charge in [-0.3, -0.25) is 4.79 Å². The highest BCUT2D eigenvalue weighted by Gasteiger charge is 2.09. The van der Waals surface area contributed by atoms with Gasteiger partial charge in [-0.25, -0.2) is 29.4 Å². The highest BCUT2D eigenvalue weighted by atomic mass is 79.9. The van der Waals surface area contributed by atoms with Crippen LogP contribution in [0.5, 0.6) is 0 Å². The van der Waals surface area contributed by atoms with Crippen LogP contribution >= 0.6 is 94.0 Å². The Morgan fingerprint density at radius 1 is 0.972 bits per heavy atom. The Kier molecular flexibility index (Phi) is 11.6. The highest BCUT2D eigenvalue weighted by molar-refractivity contribution is 9.11. The standard InChI is InChI=1S/C9H6BrN5S2.C7H7BrN2OS.C2H2BrN3S/c1-16-8-11-2-5(3-12-8)6-4-15-9(13-6)17-7(10)14-15;1-12-7-9-3-5(4-10-7)6(11)2-8;3-1-5-6-2(4)7-1/h2-4H,1H3;3-4H,2H2,1H3;(H2,4,6). The average molecular weight is 755 g/mol. The maximum atomic E-state index is 11.1. The molecule has 0 spiro atoms. The number of nitrogens with two attached hydrogens (primary N) is 1. The first-order valence-corrected chi connectivity index (χ1v) is 16.2. The third-order valence-electron chi connectivity index (χ3n) is 3.80. The second kappa shape index (κ2) is 14.4. The Balaban J connectivity index is 0.000000165. The minimum absolute atomic E-state index is 0.00246. The van der Waals surface area contributed by atoms with Crippen molar-refractivity contribution in [3.63, 3.8) is 0 Å². The van der Waals surface area contributed by atoms with E-state index in [1.807, 2.05) is 18.7 Å². The van der Waals surface area contributed by atoms with E-state index in [4.69, 9.17) is 5.73 Å². The zero-order valence-electron chi connectivity index (χ0n) is 18.4. The van der Waals surface area contributed by atoms with Crippen LogP contribution in [-0.4, -0.2) is 68.4 Å². The van der Waals surface area contributed by atoms with Crippen LogP contribution in [0, 0.1) is 0 Å². The van der Waals surface area contributed by atoms with E-state index in [1.54, 1.807) is 29.3 Å². The van der Waals surface area contributed by atoms with E-state index < -0.39 is 0 Å². The van der Waals surface area contributed by atoms with E-state index in [9.17, 15) is 4.79 Å². The molecule has 2 N–H and O–H groups in total. The van der Waals surface area contributed by atoms with Crippen LogP contribution in [0.25, 0.3) is 16.2 Å². The number of rotatable bonds is 5. The molecule has 18 heteroatoms. The predicted molar refractivity (Wildman–Crippen MR) is 155 cm³/mol. The summed E-state index contributed by atoms with van der Waals surface area (Å²) in [6.45, 7) is 0. The van der Waals surface area contributed by atoms with Crippen molar-refractivity contribution in [1.29, 1.82) is 0 Å². The number of Topliss-reactive ketones (excluding diaryl/α,β-unsaturated/α-hetero) is 1. The summed E-state index contributed by atoms with van der Waals surface area (Å²) in [5, 5.41) is 13.6. The van der Waals surface area contributed by atoms with Gasteiger partial charge in [0.1, 0.15) is 0 Å². The van der Waals surface area contributed by atoms with Crippen molar-refractivity contribution in [3.8, 4) is 11.3 Å². The molecular weight excluding hydrogens is 740 g/mol. The summed E-state index contributed by atoms with van der Waals surface area (Å²) in [5.41, 5.74) is 7.48. The highest BCUT2D eigenvalue weighted by Crippen LogP contribution is 2.24. The molecule has 0 atom stereocenters. The van der Waals surface area contributed by atoms with E-state index in [-0.39, 0.29) is 5.78 Å². The molecule has 0 bridgehead atoms. The molecule has 0 radical (unpaired) electrons. The number of hydrogen-bond acceptors (Lipinski definition) is 14. The Morgan fingerprint density at radius 2 is 1.58 bits per heavy atom. The topological polar surface area (TPSA) is 151 Å². The molecule has 0 amide bonds. The summed E-state index contributed by atoms with van der Waals surface area (Å²) in [7, 11) is 0. The first-order valence-electron chi connectivity index (χ1n) is 9.40. The maximum absolute atomic E-state index is 11.1. The molecule has 0 fully saturated rings. The van der Waals surface area contributed by atoms with Crippen LogP contribution in [-0.2, 0) is 0 Å². The molecule has 11 nitrogen and oxygen atoms in total. The number of halogens is 3. The number of aromatic nitrogens is 9. The number of carbonyl (C=O) groups excluding carboxylic acids is 1. The molecule has 0 aliphatic heterocycles. The molecule has 0 saturated heterocycles. The molecule has 5 rings (SSSR count). The SMILES string of the molecule is CSc1ncc(-c2cn3nc(Br)sc3n2)cn1.CSc1ncc(C(=O)CBr)cn1.Nc1nnc(Br)s1. The lowest BCUT2D eigenvalue weighted by atomic mass is 10.2. The monoisotopic (exact) mass is 752 g/mol. The number of nitrogen functional groups attached to an aromatic ring is 1. The Hall–Kier alpha value is -1.57. The zero-order valence-corrected chi connectivity index (χ0v) is 26.4. The Bertz CT molecular complexity index is 1360. The number of thioether (sulfide) groups is 2. The third-order valence-corrected chi connectivity index (χ3v) is 8.00. The minimum atomic E-state index is 0.00246. The Morgan fingerprint density at radius 3 is 2.03 bits per heavy atom. The average Bonchev–Trinajstić information content (AvgIpc) is 3.58. The molecule has 0 aromatic carbocycles. The molecule has 0 aliphatic rings. The fourth-order valence-corrected chi connectivity index (χ4v) is 5.31.